The molecule has 1 aromatic rings. The van der Waals surface area contributed by atoms with Crippen LogP contribution in [0.5, 0.6) is 0 Å². The molecule has 0 saturated heterocycles. The van der Waals surface area contributed by atoms with Gasteiger partial charge >= 0.3 is 6.18 Å². The lowest BCUT2D eigenvalue weighted by molar-refractivity contribution is -0.173. The van der Waals surface area contributed by atoms with Crippen LogP contribution in [-0.4, -0.2) is 53.2 Å². The molecule has 22 heavy (non-hydrogen) atoms. The van der Waals surface area contributed by atoms with Crippen LogP contribution < -0.4 is 10.6 Å². The molecule has 1 aromatic heterocycles. The molecule has 10 heteroatoms. The molecule has 0 aromatic carbocycles. The quantitative estimate of drug-likeness (QED) is 0.421. The van der Waals surface area contributed by atoms with E-state index in [1.165, 1.54) is 6.33 Å². The zero-order chi connectivity index (χ0) is 16.4. The average Bonchev–Trinajstić information content (AvgIpc) is 2.84. The number of aliphatic imine (C=N–C) groups is 1. The highest BCUT2D eigenvalue weighted by Crippen LogP contribution is 2.14. The van der Waals surface area contributed by atoms with Crippen molar-refractivity contribution >= 4 is 5.96 Å². The maximum Gasteiger partial charge on any atom is 0.411 e. The number of ether oxygens (including phenoxy) is 1. The third-order valence-corrected chi connectivity index (χ3v) is 2.55. The number of hydrogen-bond acceptors (Lipinski definition) is 4. The van der Waals surface area contributed by atoms with Gasteiger partial charge in [-0.2, -0.15) is 18.3 Å². The number of aromatic nitrogens is 3. The number of halogens is 3. The highest BCUT2D eigenvalue weighted by Gasteiger charge is 2.27. The number of aryl methyl sites for hydroxylation is 1. The molecular formula is C12H21F3N6O. The first-order valence-corrected chi connectivity index (χ1v) is 6.92. The Kier molecular flexibility index (Phi) is 7.64. The maximum atomic E-state index is 11.9. The number of hydrogen-bond donors (Lipinski definition) is 2. The maximum absolute atomic E-state index is 11.9. The predicted octanol–water partition coefficient (Wildman–Crippen LogP) is 0.839. The Morgan fingerprint density at radius 1 is 1.41 bits per heavy atom. The SMILES string of the molecule is CCNC(=NCc1ncnn1C)NCCCOCC(F)(F)F. The van der Waals surface area contributed by atoms with Gasteiger partial charge in [-0.15, -0.1) is 0 Å². The third kappa shape index (κ3) is 7.81. The van der Waals surface area contributed by atoms with Crippen LogP contribution in [0.15, 0.2) is 11.3 Å². The molecule has 0 bridgehead atoms. The van der Waals surface area contributed by atoms with Crippen molar-refractivity contribution in [2.75, 3.05) is 26.3 Å². The van der Waals surface area contributed by atoms with Crippen molar-refractivity contribution in [3.8, 4) is 0 Å². The summed E-state index contributed by atoms with van der Waals surface area (Å²) in [5.74, 6) is 1.28. The number of nitrogens with one attached hydrogen (secondary N) is 2. The summed E-state index contributed by atoms with van der Waals surface area (Å²) in [6.45, 7) is 2.24. The van der Waals surface area contributed by atoms with Gasteiger partial charge in [-0.3, -0.25) is 4.68 Å². The Hall–Kier alpha value is -1.84. The second-order valence-electron chi connectivity index (χ2n) is 4.44. The highest BCUT2D eigenvalue weighted by atomic mass is 19.4. The van der Waals surface area contributed by atoms with E-state index < -0.39 is 12.8 Å². The second kappa shape index (κ2) is 9.23. The van der Waals surface area contributed by atoms with Gasteiger partial charge in [0.05, 0.1) is 0 Å². The van der Waals surface area contributed by atoms with E-state index >= 15 is 0 Å². The largest absolute Gasteiger partial charge is 0.411 e. The van der Waals surface area contributed by atoms with Gasteiger partial charge in [0.2, 0.25) is 0 Å². The zero-order valence-corrected chi connectivity index (χ0v) is 12.7. The summed E-state index contributed by atoms with van der Waals surface area (Å²) in [6, 6.07) is 0. The predicted molar refractivity (Wildman–Crippen MR) is 75.3 cm³/mol. The standard InChI is InChI=1S/C12H21F3N6O/c1-3-16-11(18-7-10-19-9-20-21(10)2)17-5-4-6-22-8-12(13,14)15/h9H,3-8H2,1-2H3,(H2,16,17,18). The van der Waals surface area contributed by atoms with Crippen LogP contribution in [0.1, 0.15) is 19.2 Å². The van der Waals surface area contributed by atoms with Crippen LogP contribution >= 0.6 is 0 Å². The molecule has 0 aliphatic rings. The normalized spacial score (nSPS) is 12.5. The van der Waals surface area contributed by atoms with E-state index in [9.17, 15) is 13.2 Å². The van der Waals surface area contributed by atoms with Crippen LogP contribution in [-0.2, 0) is 18.3 Å². The molecule has 0 fully saturated rings. The van der Waals surface area contributed by atoms with E-state index in [0.717, 1.165) is 0 Å². The molecule has 0 radical (unpaired) electrons. The van der Waals surface area contributed by atoms with Crippen LogP contribution in [0.4, 0.5) is 13.2 Å². The smallest absolute Gasteiger partial charge is 0.372 e. The van der Waals surface area contributed by atoms with Gasteiger partial charge in [0, 0.05) is 26.7 Å². The van der Waals surface area contributed by atoms with E-state index in [-0.39, 0.29) is 6.61 Å². The first-order valence-electron chi connectivity index (χ1n) is 6.92. The lowest BCUT2D eigenvalue weighted by Gasteiger charge is -2.11. The van der Waals surface area contributed by atoms with E-state index in [1.54, 1.807) is 11.7 Å². The monoisotopic (exact) mass is 322 g/mol. The molecule has 126 valence electrons. The minimum atomic E-state index is -4.28. The van der Waals surface area contributed by atoms with Crippen molar-refractivity contribution in [3.05, 3.63) is 12.2 Å². The van der Waals surface area contributed by atoms with Gasteiger partial charge in [0.15, 0.2) is 5.96 Å². The van der Waals surface area contributed by atoms with Gasteiger partial charge in [0.25, 0.3) is 0 Å². The number of alkyl halides is 3. The minimum Gasteiger partial charge on any atom is -0.372 e. The molecule has 1 rings (SSSR count). The Morgan fingerprint density at radius 2 is 2.18 bits per heavy atom. The molecule has 0 atom stereocenters. The molecule has 0 aliphatic heterocycles. The highest BCUT2D eigenvalue weighted by molar-refractivity contribution is 5.79. The van der Waals surface area contributed by atoms with Crippen molar-refractivity contribution in [1.29, 1.82) is 0 Å². The average molecular weight is 322 g/mol. The van der Waals surface area contributed by atoms with Crippen LogP contribution in [0.25, 0.3) is 0 Å². The van der Waals surface area contributed by atoms with Crippen LogP contribution in [0.3, 0.4) is 0 Å². The molecular weight excluding hydrogens is 301 g/mol. The summed E-state index contributed by atoms with van der Waals surface area (Å²) in [7, 11) is 1.77. The third-order valence-electron chi connectivity index (χ3n) is 2.55. The minimum absolute atomic E-state index is 0.0369. The van der Waals surface area contributed by atoms with Gasteiger partial charge < -0.3 is 15.4 Å². The summed E-state index contributed by atoms with van der Waals surface area (Å²) in [5.41, 5.74) is 0. The van der Waals surface area contributed by atoms with Crippen molar-refractivity contribution < 1.29 is 17.9 Å². The molecule has 2 N–H and O–H groups in total. The fraction of sp³-hybridized carbons (Fsp3) is 0.750. The van der Waals surface area contributed by atoms with Crippen molar-refractivity contribution in [2.24, 2.45) is 12.0 Å². The van der Waals surface area contributed by atoms with E-state index in [4.69, 9.17) is 0 Å². The van der Waals surface area contributed by atoms with E-state index in [1.807, 2.05) is 6.92 Å². The first-order chi connectivity index (χ1) is 10.4. The molecule has 0 aliphatic carbocycles. The van der Waals surface area contributed by atoms with Gasteiger partial charge in [-0.05, 0) is 13.3 Å². The summed E-state index contributed by atoms with van der Waals surface area (Å²) >= 11 is 0. The van der Waals surface area contributed by atoms with Crippen LogP contribution in [0.2, 0.25) is 0 Å². The van der Waals surface area contributed by atoms with Crippen LogP contribution in [0, 0.1) is 0 Å². The van der Waals surface area contributed by atoms with Crippen molar-refractivity contribution in [3.63, 3.8) is 0 Å². The first kappa shape index (κ1) is 18.2. The summed E-state index contributed by atoms with van der Waals surface area (Å²) < 4.78 is 41.8. The lowest BCUT2D eigenvalue weighted by Crippen LogP contribution is -2.38. The number of rotatable bonds is 8. The summed E-state index contributed by atoms with van der Waals surface area (Å²) in [4.78, 5) is 8.38. The summed E-state index contributed by atoms with van der Waals surface area (Å²) in [5, 5.41) is 10.0. The fourth-order valence-electron chi connectivity index (χ4n) is 1.52. The number of guanidine groups is 1. The van der Waals surface area contributed by atoms with E-state index in [2.05, 4.69) is 30.4 Å². The molecule has 0 saturated carbocycles. The van der Waals surface area contributed by atoms with Crippen molar-refractivity contribution in [2.45, 2.75) is 26.1 Å². The van der Waals surface area contributed by atoms with Crippen molar-refractivity contribution in [1.82, 2.24) is 25.4 Å². The molecule has 7 nitrogen and oxygen atoms in total. The summed E-state index contributed by atoms with van der Waals surface area (Å²) in [6.07, 6.45) is -2.38. The number of nitrogens with zero attached hydrogens (tertiary/aromatic N) is 4. The Morgan fingerprint density at radius 3 is 2.77 bits per heavy atom. The Labute approximate surface area is 127 Å². The van der Waals surface area contributed by atoms with Gasteiger partial charge in [0.1, 0.15) is 25.3 Å². The fourth-order valence-corrected chi connectivity index (χ4v) is 1.52. The Bertz CT molecular complexity index is 460. The second-order valence-corrected chi connectivity index (χ2v) is 4.44. The van der Waals surface area contributed by atoms with Gasteiger partial charge in [-0.1, -0.05) is 0 Å². The molecule has 0 unspecified atom stereocenters. The van der Waals surface area contributed by atoms with Gasteiger partial charge in [-0.25, -0.2) is 9.98 Å². The lowest BCUT2D eigenvalue weighted by atomic mass is 10.4. The molecule has 0 amide bonds. The Balaban J connectivity index is 2.27. The topological polar surface area (TPSA) is 76.4 Å². The molecule has 0 spiro atoms. The van der Waals surface area contributed by atoms with E-state index in [0.29, 0.717) is 37.8 Å². The molecule has 1 heterocycles. The zero-order valence-electron chi connectivity index (χ0n) is 12.7.